The summed E-state index contributed by atoms with van der Waals surface area (Å²) in [6.07, 6.45) is 5.10. The number of carboxylic acid groups (broad SMARTS) is 1. The molecule has 1 aliphatic carbocycles. The molecule has 3 aliphatic rings. The number of carbonyl (C=O) groups is 1. The number of fused-ring (bicyclic) bond motifs is 3. The van der Waals surface area contributed by atoms with Crippen molar-refractivity contribution < 1.29 is 19.0 Å². The number of nitrogens with zero attached hydrogens (tertiary/aromatic N) is 3. The average molecular weight is 388 g/mol. The lowest BCUT2D eigenvalue weighted by Crippen LogP contribution is -2.48. The molecule has 3 fully saturated rings. The summed E-state index contributed by atoms with van der Waals surface area (Å²) in [6, 6.07) is 1.71. The maximum Gasteiger partial charge on any atom is 0.511 e. The predicted octanol–water partition coefficient (Wildman–Crippen LogP) is 2.39. The molecule has 5 rings (SSSR count). The van der Waals surface area contributed by atoms with Gasteiger partial charge in [0.2, 0.25) is 5.43 Å². The van der Waals surface area contributed by atoms with Crippen LogP contribution in [0.4, 0.5) is 15.0 Å². The monoisotopic (exact) mass is 388 g/mol. The van der Waals surface area contributed by atoms with E-state index in [0.29, 0.717) is 5.65 Å². The quantitative estimate of drug-likeness (QED) is 0.777. The van der Waals surface area contributed by atoms with Crippen molar-refractivity contribution in [3.63, 3.8) is 0 Å². The lowest BCUT2D eigenvalue weighted by molar-refractivity contribution is 0.143. The van der Waals surface area contributed by atoms with E-state index in [1.807, 2.05) is 4.90 Å². The van der Waals surface area contributed by atoms with E-state index in [2.05, 4.69) is 9.72 Å². The minimum Gasteiger partial charge on any atom is -0.449 e. The molecule has 1 saturated carbocycles. The Labute approximate surface area is 159 Å². The molecule has 2 saturated heterocycles. The van der Waals surface area contributed by atoms with Gasteiger partial charge in [0.25, 0.3) is 0 Å². The molecule has 2 aliphatic heterocycles. The standard InChI is InChI=1S/C19H21FN4O4/c20-14-7-13-16(25)15(28-19(26)27)8-23(10-1-2-10)17(13)22-18(14)24-11-3-4-12(24)6-9(21)5-11/h7-12H,1-6,21H2,(H,26,27). The van der Waals surface area contributed by atoms with Gasteiger partial charge in [-0.3, -0.25) is 4.79 Å². The number of halogens is 1. The molecule has 8 nitrogen and oxygen atoms in total. The van der Waals surface area contributed by atoms with E-state index < -0.39 is 17.4 Å². The van der Waals surface area contributed by atoms with Crippen LogP contribution >= 0.6 is 0 Å². The van der Waals surface area contributed by atoms with Crippen LogP contribution in [0.15, 0.2) is 17.1 Å². The van der Waals surface area contributed by atoms with E-state index in [4.69, 9.17) is 10.8 Å². The van der Waals surface area contributed by atoms with Crippen LogP contribution in [0.1, 0.15) is 44.6 Å². The number of anilines is 1. The Hall–Kier alpha value is -2.68. The molecule has 2 aromatic heterocycles. The van der Waals surface area contributed by atoms with E-state index in [1.54, 1.807) is 4.57 Å². The second-order valence-corrected chi connectivity index (χ2v) is 8.02. The third kappa shape index (κ3) is 2.72. The molecule has 2 bridgehead atoms. The number of aromatic nitrogens is 2. The summed E-state index contributed by atoms with van der Waals surface area (Å²) in [5, 5.41) is 8.92. The maximum atomic E-state index is 15.1. The molecule has 3 N–H and O–H groups in total. The Balaban J connectivity index is 1.67. The molecular weight excluding hydrogens is 367 g/mol. The number of pyridine rings is 2. The van der Waals surface area contributed by atoms with Crippen LogP contribution in [0.5, 0.6) is 5.75 Å². The Kier molecular flexibility index (Phi) is 3.84. The number of ether oxygens (including phenoxy) is 1. The normalized spacial score (nSPS) is 26.6. The number of hydrogen-bond acceptors (Lipinski definition) is 6. The van der Waals surface area contributed by atoms with Crippen molar-refractivity contribution in [2.24, 2.45) is 5.73 Å². The number of hydrogen-bond donors (Lipinski definition) is 2. The van der Waals surface area contributed by atoms with Crippen molar-refractivity contribution in [3.8, 4) is 5.75 Å². The molecule has 0 spiro atoms. The molecule has 0 amide bonds. The third-order valence-electron chi connectivity index (χ3n) is 6.06. The highest BCUT2D eigenvalue weighted by atomic mass is 19.1. The zero-order chi connectivity index (χ0) is 19.6. The topological polar surface area (TPSA) is 111 Å². The van der Waals surface area contributed by atoms with Gasteiger partial charge in [0.1, 0.15) is 5.65 Å². The van der Waals surface area contributed by atoms with Gasteiger partial charge in [0.15, 0.2) is 17.4 Å². The fraction of sp³-hybridized carbons (Fsp3) is 0.526. The Morgan fingerprint density at radius 3 is 2.46 bits per heavy atom. The van der Waals surface area contributed by atoms with Gasteiger partial charge in [0.05, 0.1) is 11.6 Å². The van der Waals surface area contributed by atoms with E-state index in [9.17, 15) is 9.59 Å². The zero-order valence-corrected chi connectivity index (χ0v) is 15.2. The molecule has 148 valence electrons. The Morgan fingerprint density at radius 2 is 1.86 bits per heavy atom. The van der Waals surface area contributed by atoms with Gasteiger partial charge < -0.3 is 25.0 Å². The van der Waals surface area contributed by atoms with Crippen LogP contribution in [-0.4, -0.2) is 38.9 Å². The average Bonchev–Trinajstić information content (AvgIpc) is 3.43. The van der Waals surface area contributed by atoms with Crippen molar-refractivity contribution in [2.75, 3.05) is 4.90 Å². The first-order chi connectivity index (χ1) is 13.4. The summed E-state index contributed by atoms with van der Waals surface area (Å²) in [4.78, 5) is 30.2. The van der Waals surface area contributed by atoms with Crippen molar-refractivity contribution in [3.05, 3.63) is 28.3 Å². The second kappa shape index (κ2) is 6.16. The van der Waals surface area contributed by atoms with Crippen LogP contribution in [0.2, 0.25) is 0 Å². The van der Waals surface area contributed by atoms with Crippen LogP contribution in [-0.2, 0) is 0 Å². The van der Waals surface area contributed by atoms with Crippen LogP contribution in [0.3, 0.4) is 0 Å². The van der Waals surface area contributed by atoms with Gasteiger partial charge in [-0.15, -0.1) is 0 Å². The maximum absolute atomic E-state index is 15.1. The van der Waals surface area contributed by atoms with Gasteiger partial charge in [-0.2, -0.15) is 0 Å². The van der Waals surface area contributed by atoms with Crippen molar-refractivity contribution in [1.29, 1.82) is 0 Å². The highest BCUT2D eigenvalue weighted by molar-refractivity contribution is 5.80. The van der Waals surface area contributed by atoms with E-state index in [0.717, 1.165) is 38.5 Å². The minimum atomic E-state index is -1.58. The van der Waals surface area contributed by atoms with E-state index >= 15 is 4.39 Å². The first-order valence-corrected chi connectivity index (χ1v) is 9.62. The van der Waals surface area contributed by atoms with Gasteiger partial charge in [-0.25, -0.2) is 14.2 Å². The molecule has 28 heavy (non-hydrogen) atoms. The molecule has 2 aromatic rings. The van der Waals surface area contributed by atoms with Crippen LogP contribution < -0.4 is 20.8 Å². The van der Waals surface area contributed by atoms with E-state index in [1.165, 1.54) is 12.3 Å². The summed E-state index contributed by atoms with van der Waals surface area (Å²) in [6.45, 7) is 0. The molecular formula is C19H21FN4O4. The summed E-state index contributed by atoms with van der Waals surface area (Å²) < 4.78 is 21.4. The molecule has 4 heterocycles. The first kappa shape index (κ1) is 17.4. The number of piperidine rings is 1. The SMILES string of the molecule is NC1CC2CCC(C1)N2c1nc2c(cc1F)c(=O)c(OC(=O)O)cn2C1CC1. The first-order valence-electron chi connectivity index (χ1n) is 9.62. The zero-order valence-electron chi connectivity index (χ0n) is 15.2. The summed E-state index contributed by atoms with van der Waals surface area (Å²) in [5.74, 6) is -0.649. The molecule has 0 aromatic carbocycles. The summed E-state index contributed by atoms with van der Waals surface area (Å²) >= 11 is 0. The predicted molar refractivity (Wildman–Crippen MR) is 99.4 cm³/mol. The smallest absolute Gasteiger partial charge is 0.449 e. The van der Waals surface area contributed by atoms with Crippen molar-refractivity contribution in [1.82, 2.24) is 9.55 Å². The number of nitrogens with two attached hydrogens (primary N) is 1. The Morgan fingerprint density at radius 1 is 1.21 bits per heavy atom. The van der Waals surface area contributed by atoms with Gasteiger partial charge in [0, 0.05) is 24.2 Å². The fourth-order valence-electron chi connectivity index (χ4n) is 4.76. The highest BCUT2D eigenvalue weighted by Gasteiger charge is 2.41. The molecule has 2 unspecified atom stereocenters. The fourth-order valence-corrected chi connectivity index (χ4v) is 4.76. The molecule has 0 radical (unpaired) electrons. The van der Waals surface area contributed by atoms with E-state index in [-0.39, 0.29) is 41.1 Å². The highest BCUT2D eigenvalue weighted by Crippen LogP contribution is 2.41. The second-order valence-electron chi connectivity index (χ2n) is 8.02. The lowest BCUT2D eigenvalue weighted by atomic mass is 9.98. The largest absolute Gasteiger partial charge is 0.511 e. The lowest BCUT2D eigenvalue weighted by Gasteiger charge is -2.38. The van der Waals surface area contributed by atoms with Gasteiger partial charge >= 0.3 is 6.16 Å². The van der Waals surface area contributed by atoms with Crippen molar-refractivity contribution >= 4 is 23.0 Å². The van der Waals surface area contributed by atoms with Gasteiger partial charge in [-0.1, -0.05) is 0 Å². The van der Waals surface area contributed by atoms with Crippen LogP contribution in [0.25, 0.3) is 11.0 Å². The molecule has 2 atom stereocenters. The molecule has 9 heteroatoms. The summed E-state index contributed by atoms with van der Waals surface area (Å²) in [5.41, 5.74) is 5.83. The van der Waals surface area contributed by atoms with Crippen LogP contribution in [0, 0.1) is 5.82 Å². The minimum absolute atomic E-state index is 0.0351. The third-order valence-corrected chi connectivity index (χ3v) is 6.06. The summed E-state index contributed by atoms with van der Waals surface area (Å²) in [7, 11) is 0. The Bertz CT molecular complexity index is 1020. The number of rotatable bonds is 3. The van der Waals surface area contributed by atoms with Gasteiger partial charge in [-0.05, 0) is 44.6 Å². The van der Waals surface area contributed by atoms with Crippen molar-refractivity contribution in [2.45, 2.75) is 62.7 Å².